The molecule has 2 aromatic carbocycles. The van der Waals surface area contributed by atoms with Gasteiger partial charge in [0.15, 0.2) is 0 Å². The molecule has 5 nitrogen and oxygen atoms in total. The molecule has 0 saturated heterocycles. The zero-order valence-corrected chi connectivity index (χ0v) is 14.7. The largest absolute Gasteiger partial charge is 0.466 e. The van der Waals surface area contributed by atoms with Crippen molar-refractivity contribution in [3.05, 3.63) is 71.3 Å². The average molecular weight is 357 g/mol. The van der Waals surface area contributed by atoms with E-state index in [1.807, 2.05) is 18.2 Å². The molecule has 1 heterocycles. The topological polar surface area (TPSA) is 63.7 Å². The van der Waals surface area contributed by atoms with Crippen LogP contribution < -0.4 is 0 Å². The summed E-state index contributed by atoms with van der Waals surface area (Å²) in [5, 5.41) is 0. The molecule has 6 heteroatoms. The van der Waals surface area contributed by atoms with E-state index in [1.54, 1.807) is 36.4 Å². The van der Waals surface area contributed by atoms with Crippen LogP contribution in [0.2, 0.25) is 0 Å². The Kier molecular flexibility index (Phi) is 5.01. The summed E-state index contributed by atoms with van der Waals surface area (Å²) < 4.78 is 31.7. The monoisotopic (exact) mass is 357 g/mol. The SMILES string of the molecule is COC(=O)/C=C/c1ccc2c(c1)CN(S(=O)(=O)c1ccccc1)CC2. The first-order valence-electron chi connectivity index (χ1n) is 7.94. The van der Waals surface area contributed by atoms with Gasteiger partial charge in [0.2, 0.25) is 10.0 Å². The van der Waals surface area contributed by atoms with Crippen molar-refractivity contribution in [3.8, 4) is 0 Å². The molecule has 0 aliphatic carbocycles. The Morgan fingerprint density at radius 2 is 1.88 bits per heavy atom. The molecule has 0 N–H and O–H groups in total. The van der Waals surface area contributed by atoms with Crippen LogP contribution in [0.25, 0.3) is 6.08 Å². The van der Waals surface area contributed by atoms with Crippen molar-refractivity contribution >= 4 is 22.1 Å². The summed E-state index contributed by atoms with van der Waals surface area (Å²) in [5.74, 6) is -0.425. The Morgan fingerprint density at radius 1 is 1.12 bits per heavy atom. The first-order valence-corrected chi connectivity index (χ1v) is 9.38. The van der Waals surface area contributed by atoms with E-state index in [9.17, 15) is 13.2 Å². The summed E-state index contributed by atoms with van der Waals surface area (Å²) in [6.45, 7) is 0.786. The van der Waals surface area contributed by atoms with Crippen molar-refractivity contribution in [2.75, 3.05) is 13.7 Å². The van der Waals surface area contributed by atoms with E-state index < -0.39 is 16.0 Å². The second kappa shape index (κ2) is 7.21. The molecule has 1 aliphatic rings. The lowest BCUT2D eigenvalue weighted by molar-refractivity contribution is -0.134. The highest BCUT2D eigenvalue weighted by atomic mass is 32.2. The molecule has 0 unspecified atom stereocenters. The number of rotatable bonds is 4. The van der Waals surface area contributed by atoms with Crippen molar-refractivity contribution in [2.24, 2.45) is 0 Å². The lowest BCUT2D eigenvalue weighted by atomic mass is 9.98. The molecule has 2 aromatic rings. The van der Waals surface area contributed by atoms with Gasteiger partial charge in [-0.3, -0.25) is 0 Å². The van der Waals surface area contributed by atoms with Gasteiger partial charge in [-0.1, -0.05) is 36.4 Å². The number of esters is 1. The standard InChI is InChI=1S/C19H19NO4S/c1-24-19(21)10-8-15-7-9-16-11-12-20(14-17(16)13-15)25(22,23)18-5-3-2-4-6-18/h2-10,13H,11-12,14H2,1H3/b10-8+. The zero-order chi connectivity index (χ0) is 17.9. The Balaban J connectivity index is 1.85. The maximum atomic E-state index is 12.8. The molecule has 0 saturated carbocycles. The smallest absolute Gasteiger partial charge is 0.330 e. The maximum Gasteiger partial charge on any atom is 0.330 e. The van der Waals surface area contributed by atoms with Crippen LogP contribution in [-0.2, 0) is 32.5 Å². The second-order valence-electron chi connectivity index (χ2n) is 5.79. The molecule has 0 bridgehead atoms. The van der Waals surface area contributed by atoms with Gasteiger partial charge in [0.05, 0.1) is 12.0 Å². The highest BCUT2D eigenvalue weighted by Crippen LogP contribution is 2.26. The van der Waals surface area contributed by atoms with Gasteiger partial charge in [0.25, 0.3) is 0 Å². The number of sulfonamides is 1. The van der Waals surface area contributed by atoms with Crippen LogP contribution in [0.15, 0.2) is 59.5 Å². The third-order valence-corrected chi connectivity index (χ3v) is 6.06. The van der Waals surface area contributed by atoms with Crippen molar-refractivity contribution in [3.63, 3.8) is 0 Å². The number of hydrogen-bond acceptors (Lipinski definition) is 4. The predicted molar refractivity (Wildman–Crippen MR) is 95.2 cm³/mol. The van der Waals surface area contributed by atoms with E-state index in [2.05, 4.69) is 4.74 Å². The van der Waals surface area contributed by atoms with Crippen molar-refractivity contribution < 1.29 is 17.9 Å². The van der Waals surface area contributed by atoms with Crippen LogP contribution in [-0.4, -0.2) is 32.3 Å². The Labute approximate surface area is 147 Å². The molecule has 0 fully saturated rings. The van der Waals surface area contributed by atoms with Crippen LogP contribution in [0.3, 0.4) is 0 Å². The summed E-state index contributed by atoms with van der Waals surface area (Å²) in [4.78, 5) is 11.5. The summed E-state index contributed by atoms with van der Waals surface area (Å²) >= 11 is 0. The molecule has 0 spiro atoms. The number of hydrogen-bond donors (Lipinski definition) is 0. The number of nitrogens with zero attached hydrogens (tertiary/aromatic N) is 1. The Hall–Kier alpha value is -2.44. The molecule has 0 radical (unpaired) electrons. The molecule has 1 aliphatic heterocycles. The lowest BCUT2D eigenvalue weighted by Gasteiger charge is -2.28. The average Bonchev–Trinajstić information content (AvgIpc) is 2.66. The van der Waals surface area contributed by atoms with Crippen LogP contribution >= 0.6 is 0 Å². The van der Waals surface area contributed by atoms with E-state index >= 15 is 0 Å². The van der Waals surface area contributed by atoms with E-state index in [4.69, 9.17) is 0 Å². The van der Waals surface area contributed by atoms with Gasteiger partial charge >= 0.3 is 5.97 Å². The molecule has 0 aromatic heterocycles. The lowest BCUT2D eigenvalue weighted by Crippen LogP contribution is -2.35. The van der Waals surface area contributed by atoms with Gasteiger partial charge in [-0.05, 0) is 41.3 Å². The third kappa shape index (κ3) is 3.81. The number of carbonyl (C=O) groups excluding carboxylic acids is 1. The Bertz CT molecular complexity index is 904. The quantitative estimate of drug-likeness (QED) is 0.623. The van der Waals surface area contributed by atoms with E-state index in [1.165, 1.54) is 17.5 Å². The van der Waals surface area contributed by atoms with Gasteiger partial charge in [-0.2, -0.15) is 4.31 Å². The molecular weight excluding hydrogens is 338 g/mol. The van der Waals surface area contributed by atoms with Gasteiger partial charge in [0.1, 0.15) is 0 Å². The number of ether oxygens (including phenoxy) is 1. The molecular formula is C19H19NO4S. The molecule has 0 amide bonds. The van der Waals surface area contributed by atoms with Crippen molar-refractivity contribution in [2.45, 2.75) is 17.9 Å². The number of benzene rings is 2. The second-order valence-corrected chi connectivity index (χ2v) is 7.72. The fraction of sp³-hybridized carbons (Fsp3) is 0.211. The van der Waals surface area contributed by atoms with Crippen LogP contribution in [0.4, 0.5) is 0 Å². The summed E-state index contributed by atoms with van der Waals surface area (Å²) in [6.07, 6.45) is 3.68. The Morgan fingerprint density at radius 3 is 2.60 bits per heavy atom. The number of carbonyl (C=O) groups is 1. The van der Waals surface area contributed by atoms with Gasteiger partial charge in [-0.25, -0.2) is 13.2 Å². The summed E-state index contributed by atoms with van der Waals surface area (Å²) in [5.41, 5.74) is 2.93. The molecule has 25 heavy (non-hydrogen) atoms. The number of methoxy groups -OCH3 is 1. The van der Waals surface area contributed by atoms with Crippen LogP contribution in [0.5, 0.6) is 0 Å². The minimum absolute atomic E-state index is 0.306. The van der Waals surface area contributed by atoms with Gasteiger partial charge in [0, 0.05) is 19.2 Å². The molecule has 3 rings (SSSR count). The molecule has 0 atom stereocenters. The van der Waals surface area contributed by atoms with Gasteiger partial charge < -0.3 is 4.74 Å². The van der Waals surface area contributed by atoms with Crippen molar-refractivity contribution in [1.82, 2.24) is 4.31 Å². The number of fused-ring (bicyclic) bond motifs is 1. The highest BCUT2D eigenvalue weighted by Gasteiger charge is 2.28. The summed E-state index contributed by atoms with van der Waals surface area (Å²) in [6, 6.07) is 14.3. The normalized spacial score (nSPS) is 15.1. The molecule has 130 valence electrons. The predicted octanol–water partition coefficient (Wildman–Crippen LogP) is 2.62. The first-order chi connectivity index (χ1) is 12.0. The van der Waals surface area contributed by atoms with E-state index in [0.29, 0.717) is 24.4 Å². The minimum atomic E-state index is -3.51. The van der Waals surface area contributed by atoms with E-state index in [-0.39, 0.29) is 0 Å². The fourth-order valence-corrected chi connectivity index (χ4v) is 4.27. The maximum absolute atomic E-state index is 12.8. The highest BCUT2D eigenvalue weighted by molar-refractivity contribution is 7.89. The van der Waals surface area contributed by atoms with Crippen LogP contribution in [0.1, 0.15) is 16.7 Å². The summed E-state index contributed by atoms with van der Waals surface area (Å²) in [7, 11) is -2.18. The third-order valence-electron chi connectivity index (χ3n) is 4.20. The van der Waals surface area contributed by atoms with Crippen LogP contribution in [0, 0.1) is 0 Å². The fourth-order valence-electron chi connectivity index (χ4n) is 2.83. The first kappa shape index (κ1) is 17.4. The van der Waals surface area contributed by atoms with Gasteiger partial charge in [-0.15, -0.1) is 0 Å². The zero-order valence-electron chi connectivity index (χ0n) is 13.9. The van der Waals surface area contributed by atoms with Crippen molar-refractivity contribution in [1.29, 1.82) is 0 Å². The minimum Gasteiger partial charge on any atom is -0.466 e. The van der Waals surface area contributed by atoms with E-state index in [0.717, 1.165) is 16.7 Å².